The third kappa shape index (κ3) is 2.94. The molecular formula is C16H17BrN2O2. The maximum atomic E-state index is 11.3. The van der Waals surface area contributed by atoms with E-state index in [2.05, 4.69) is 25.8 Å². The van der Waals surface area contributed by atoms with Crippen molar-refractivity contribution in [2.45, 2.75) is 25.3 Å². The molecule has 1 aromatic carbocycles. The average molecular weight is 349 g/mol. The van der Waals surface area contributed by atoms with Crippen LogP contribution in [0.2, 0.25) is 0 Å². The summed E-state index contributed by atoms with van der Waals surface area (Å²) >= 11 is 3.54. The summed E-state index contributed by atoms with van der Waals surface area (Å²) in [6, 6.07) is 7.81. The molecule has 3 rings (SSSR count). The summed E-state index contributed by atoms with van der Waals surface area (Å²) in [5, 5.41) is 10.3. The maximum absolute atomic E-state index is 11.3. The van der Waals surface area contributed by atoms with Crippen LogP contribution in [0.4, 0.5) is 0 Å². The van der Waals surface area contributed by atoms with Crippen molar-refractivity contribution in [3.63, 3.8) is 0 Å². The van der Waals surface area contributed by atoms with Crippen LogP contribution in [0.15, 0.2) is 34.9 Å². The molecule has 1 unspecified atom stereocenters. The SMILES string of the molecule is O=C(O)CC(c1ccc(Br)c2cccnc12)N1CCCC1. The zero-order valence-electron chi connectivity index (χ0n) is 11.6. The number of benzene rings is 1. The second-order valence-corrected chi connectivity index (χ2v) is 6.25. The Morgan fingerprint density at radius 2 is 2.10 bits per heavy atom. The average Bonchev–Trinajstić information content (AvgIpc) is 3.00. The second-order valence-electron chi connectivity index (χ2n) is 5.39. The summed E-state index contributed by atoms with van der Waals surface area (Å²) in [6.07, 6.45) is 4.16. The number of aliphatic carboxylic acids is 1. The van der Waals surface area contributed by atoms with Crippen molar-refractivity contribution in [2.75, 3.05) is 13.1 Å². The van der Waals surface area contributed by atoms with E-state index in [0.717, 1.165) is 46.9 Å². The highest BCUT2D eigenvalue weighted by atomic mass is 79.9. The fourth-order valence-electron chi connectivity index (χ4n) is 3.08. The quantitative estimate of drug-likeness (QED) is 0.916. The minimum absolute atomic E-state index is 0.101. The molecule has 0 amide bonds. The molecule has 5 heteroatoms. The van der Waals surface area contributed by atoms with Crippen molar-refractivity contribution >= 4 is 32.8 Å². The van der Waals surface area contributed by atoms with Crippen LogP contribution in [0.1, 0.15) is 30.9 Å². The molecule has 0 radical (unpaired) electrons. The van der Waals surface area contributed by atoms with Gasteiger partial charge in [0.15, 0.2) is 0 Å². The third-order valence-corrected chi connectivity index (χ3v) is 4.75. The van der Waals surface area contributed by atoms with E-state index in [0.29, 0.717) is 0 Å². The summed E-state index contributed by atoms with van der Waals surface area (Å²) in [4.78, 5) is 18.0. The van der Waals surface area contributed by atoms with E-state index >= 15 is 0 Å². The number of aromatic nitrogens is 1. The number of carboxylic acids is 1. The Labute approximate surface area is 131 Å². The standard InChI is InChI=1S/C16H17BrN2O2/c17-13-6-5-12(16-11(13)4-3-7-18-16)14(10-15(20)21)19-8-1-2-9-19/h3-7,14H,1-2,8-10H2,(H,20,21). The Morgan fingerprint density at radius 1 is 1.33 bits per heavy atom. The predicted octanol–water partition coefficient (Wildman–Crippen LogP) is 3.61. The van der Waals surface area contributed by atoms with Gasteiger partial charge in [0.25, 0.3) is 0 Å². The lowest BCUT2D eigenvalue weighted by Crippen LogP contribution is -2.28. The van der Waals surface area contributed by atoms with Gasteiger partial charge in [-0.2, -0.15) is 0 Å². The lowest BCUT2D eigenvalue weighted by molar-refractivity contribution is -0.138. The Bertz CT molecular complexity index is 668. The number of carboxylic acid groups (broad SMARTS) is 1. The number of carbonyl (C=O) groups is 1. The lowest BCUT2D eigenvalue weighted by atomic mass is 9.99. The normalized spacial score (nSPS) is 17.2. The molecule has 1 N–H and O–H groups in total. The van der Waals surface area contributed by atoms with Crippen molar-refractivity contribution in [1.29, 1.82) is 0 Å². The van der Waals surface area contributed by atoms with Gasteiger partial charge in [-0.3, -0.25) is 14.7 Å². The van der Waals surface area contributed by atoms with E-state index in [4.69, 9.17) is 0 Å². The van der Waals surface area contributed by atoms with Crippen LogP contribution in [0.5, 0.6) is 0 Å². The third-order valence-electron chi connectivity index (χ3n) is 4.06. The van der Waals surface area contributed by atoms with E-state index in [9.17, 15) is 9.90 Å². The summed E-state index contributed by atoms with van der Waals surface area (Å²) in [5.41, 5.74) is 1.91. The van der Waals surface area contributed by atoms with Gasteiger partial charge in [0.1, 0.15) is 0 Å². The molecule has 4 nitrogen and oxygen atoms in total. The molecule has 110 valence electrons. The number of rotatable bonds is 4. The molecule has 1 atom stereocenters. The van der Waals surface area contributed by atoms with Crippen LogP contribution in [-0.2, 0) is 4.79 Å². The number of pyridine rings is 1. The largest absolute Gasteiger partial charge is 0.481 e. The smallest absolute Gasteiger partial charge is 0.305 e. The molecular weight excluding hydrogens is 332 g/mol. The number of fused-ring (bicyclic) bond motifs is 1. The molecule has 21 heavy (non-hydrogen) atoms. The van der Waals surface area contributed by atoms with Gasteiger partial charge in [0.2, 0.25) is 0 Å². The first kappa shape index (κ1) is 14.5. The molecule has 2 heterocycles. The van der Waals surface area contributed by atoms with Gasteiger partial charge in [-0.05, 0) is 43.6 Å². The van der Waals surface area contributed by atoms with Crippen molar-refractivity contribution in [1.82, 2.24) is 9.88 Å². The van der Waals surface area contributed by atoms with Crippen molar-refractivity contribution in [2.24, 2.45) is 0 Å². The monoisotopic (exact) mass is 348 g/mol. The molecule has 1 aromatic heterocycles. The summed E-state index contributed by atoms with van der Waals surface area (Å²) < 4.78 is 0.991. The topological polar surface area (TPSA) is 53.4 Å². The van der Waals surface area contributed by atoms with Gasteiger partial charge in [-0.15, -0.1) is 0 Å². The Morgan fingerprint density at radius 3 is 2.81 bits per heavy atom. The number of halogens is 1. The van der Waals surface area contributed by atoms with E-state index in [1.165, 1.54) is 0 Å². The second kappa shape index (κ2) is 6.12. The van der Waals surface area contributed by atoms with Gasteiger partial charge in [-0.25, -0.2) is 0 Å². The summed E-state index contributed by atoms with van der Waals surface area (Å²) in [5.74, 6) is -0.765. The highest BCUT2D eigenvalue weighted by Crippen LogP contribution is 2.34. The first-order chi connectivity index (χ1) is 10.2. The van der Waals surface area contributed by atoms with Gasteiger partial charge in [0.05, 0.1) is 11.9 Å². The minimum atomic E-state index is -0.765. The molecule has 0 bridgehead atoms. The van der Waals surface area contributed by atoms with Crippen LogP contribution in [0, 0.1) is 0 Å². The van der Waals surface area contributed by atoms with E-state index in [1.54, 1.807) is 6.20 Å². The van der Waals surface area contributed by atoms with Crippen molar-refractivity contribution < 1.29 is 9.90 Å². The Kier molecular flexibility index (Phi) is 4.22. The summed E-state index contributed by atoms with van der Waals surface area (Å²) in [7, 11) is 0. The first-order valence-corrected chi connectivity index (χ1v) is 7.95. The van der Waals surface area contributed by atoms with Crippen LogP contribution in [0.3, 0.4) is 0 Å². The maximum Gasteiger partial charge on any atom is 0.305 e. The van der Waals surface area contributed by atoms with Crippen molar-refractivity contribution in [3.05, 3.63) is 40.5 Å². The minimum Gasteiger partial charge on any atom is -0.481 e. The molecule has 2 aromatic rings. The predicted molar refractivity (Wildman–Crippen MR) is 85.2 cm³/mol. The van der Waals surface area contributed by atoms with E-state index in [-0.39, 0.29) is 12.5 Å². The van der Waals surface area contributed by atoms with E-state index < -0.39 is 5.97 Å². The van der Waals surface area contributed by atoms with Crippen LogP contribution < -0.4 is 0 Å². The highest BCUT2D eigenvalue weighted by Gasteiger charge is 2.27. The number of hydrogen-bond donors (Lipinski definition) is 1. The van der Waals surface area contributed by atoms with E-state index in [1.807, 2.05) is 24.3 Å². The van der Waals surface area contributed by atoms with Gasteiger partial charge in [0, 0.05) is 22.1 Å². The van der Waals surface area contributed by atoms with Crippen LogP contribution in [-0.4, -0.2) is 34.0 Å². The highest BCUT2D eigenvalue weighted by molar-refractivity contribution is 9.10. The van der Waals surface area contributed by atoms with Crippen LogP contribution in [0.25, 0.3) is 10.9 Å². The Balaban J connectivity index is 2.10. The van der Waals surface area contributed by atoms with Gasteiger partial charge in [-0.1, -0.05) is 28.1 Å². The number of hydrogen-bond acceptors (Lipinski definition) is 3. The molecule has 1 aliphatic heterocycles. The fourth-order valence-corrected chi connectivity index (χ4v) is 3.54. The van der Waals surface area contributed by atoms with Crippen molar-refractivity contribution in [3.8, 4) is 0 Å². The first-order valence-electron chi connectivity index (χ1n) is 7.16. The molecule has 0 spiro atoms. The molecule has 0 aliphatic carbocycles. The zero-order chi connectivity index (χ0) is 14.8. The number of nitrogens with zero attached hydrogens (tertiary/aromatic N) is 2. The fraction of sp³-hybridized carbons (Fsp3) is 0.375. The lowest BCUT2D eigenvalue weighted by Gasteiger charge is -2.27. The Hall–Kier alpha value is -1.46. The molecule has 0 saturated carbocycles. The zero-order valence-corrected chi connectivity index (χ0v) is 13.2. The molecule has 1 fully saturated rings. The molecule has 1 saturated heterocycles. The molecule has 1 aliphatic rings. The van der Waals surface area contributed by atoms with Gasteiger partial charge >= 0.3 is 5.97 Å². The number of likely N-dealkylation sites (tertiary alicyclic amines) is 1. The van der Waals surface area contributed by atoms with Crippen LogP contribution >= 0.6 is 15.9 Å². The summed E-state index contributed by atoms with van der Waals surface area (Å²) in [6.45, 7) is 1.92. The van der Waals surface area contributed by atoms with Gasteiger partial charge < -0.3 is 5.11 Å².